The van der Waals surface area contributed by atoms with Crippen LogP contribution in [0.1, 0.15) is 17.4 Å². The first kappa shape index (κ1) is 32.9. The average Bonchev–Trinajstić information content (AvgIpc) is 3.59. The molecule has 1 unspecified atom stereocenters. The molecule has 5 aromatic rings. The molecule has 0 N–H and O–H groups in total. The number of oxazole rings is 1. The molecule has 0 aliphatic heterocycles. The number of ether oxygens (including phenoxy) is 1. The van der Waals surface area contributed by atoms with Gasteiger partial charge < -0.3 is 18.6 Å². The van der Waals surface area contributed by atoms with E-state index in [2.05, 4.69) is 14.7 Å². The van der Waals surface area contributed by atoms with E-state index < -0.39 is 34.8 Å². The quantitative estimate of drug-likeness (QED) is 0.149. The fourth-order valence-corrected chi connectivity index (χ4v) is 5.36. The summed E-state index contributed by atoms with van der Waals surface area (Å²) in [5.74, 6) is 0.130. The number of imidazole rings is 1. The van der Waals surface area contributed by atoms with Crippen LogP contribution in [0.4, 0.5) is 26.3 Å². The lowest BCUT2D eigenvalue weighted by Gasteiger charge is -2.14. The molecule has 0 saturated heterocycles. The van der Waals surface area contributed by atoms with Gasteiger partial charge in [0.05, 0.1) is 5.69 Å². The molecule has 0 aliphatic rings. The lowest BCUT2D eigenvalue weighted by atomic mass is 9.98. The fraction of sp³-hybridized carbons (Fsp3) is 0.250. The molecule has 2 heterocycles. The Labute approximate surface area is 262 Å². The van der Waals surface area contributed by atoms with Gasteiger partial charge in [-0.25, -0.2) is 9.97 Å². The molecule has 3 aromatic carbocycles. The van der Waals surface area contributed by atoms with Crippen LogP contribution in [-0.2, 0) is 23.4 Å². The van der Waals surface area contributed by atoms with Crippen LogP contribution in [0.5, 0.6) is 5.75 Å². The zero-order valence-corrected chi connectivity index (χ0v) is 25.8. The summed E-state index contributed by atoms with van der Waals surface area (Å²) in [7, 11) is 2.46. The second-order valence-corrected chi connectivity index (χ2v) is 12.0. The highest BCUT2D eigenvalue weighted by Crippen LogP contribution is 2.40. The lowest BCUT2D eigenvalue weighted by molar-refractivity contribution is -0.274. The van der Waals surface area contributed by atoms with Gasteiger partial charge in [0.2, 0.25) is 0 Å². The van der Waals surface area contributed by atoms with E-state index in [-0.39, 0.29) is 17.3 Å². The van der Waals surface area contributed by atoms with E-state index >= 15 is 0 Å². The number of aromatic nitrogens is 3. The van der Waals surface area contributed by atoms with Crippen molar-refractivity contribution in [3.8, 4) is 45.1 Å². The van der Waals surface area contributed by atoms with E-state index in [1.165, 1.54) is 23.6 Å². The van der Waals surface area contributed by atoms with Crippen molar-refractivity contribution in [2.24, 2.45) is 0 Å². The molecule has 0 bridgehead atoms. The maximum Gasteiger partial charge on any atom is 0.573 e. The van der Waals surface area contributed by atoms with Crippen LogP contribution in [0, 0.1) is 6.92 Å². The highest BCUT2D eigenvalue weighted by Gasteiger charge is 2.35. The third-order valence-electron chi connectivity index (χ3n) is 6.98. The van der Waals surface area contributed by atoms with Crippen LogP contribution < -0.4 is 4.74 Å². The first-order valence-corrected chi connectivity index (χ1v) is 15.4. The summed E-state index contributed by atoms with van der Waals surface area (Å²) >= 11 is 0. The number of aryl methyl sites for hydroxylation is 1. The van der Waals surface area contributed by atoms with Gasteiger partial charge >= 0.3 is 12.5 Å². The Morgan fingerprint density at radius 2 is 1.59 bits per heavy atom. The van der Waals surface area contributed by atoms with Gasteiger partial charge in [-0.1, -0.05) is 18.2 Å². The molecule has 1 atom stereocenters. The summed E-state index contributed by atoms with van der Waals surface area (Å²) in [6.07, 6.45) is -6.76. The molecule has 0 saturated carbocycles. The Morgan fingerprint density at radius 3 is 2.20 bits per heavy atom. The molecule has 46 heavy (non-hydrogen) atoms. The average molecular weight is 663 g/mol. The second-order valence-electron chi connectivity index (χ2n) is 10.7. The van der Waals surface area contributed by atoms with Crippen molar-refractivity contribution in [2.75, 3.05) is 26.9 Å². The molecular formula is C32H28F6N4O3S. The summed E-state index contributed by atoms with van der Waals surface area (Å²) < 4.78 is 103. The zero-order chi connectivity index (χ0) is 33.4. The number of likely N-dealkylation sites (N-methyl/N-ethyl adjacent to an activating group) is 1. The van der Waals surface area contributed by atoms with Gasteiger partial charge in [-0.15, -0.1) is 13.2 Å². The number of alkyl halides is 6. The first-order chi connectivity index (χ1) is 21.6. The second kappa shape index (κ2) is 12.8. The van der Waals surface area contributed by atoms with Crippen molar-refractivity contribution in [3.63, 3.8) is 0 Å². The molecule has 5 rings (SSSR count). The van der Waals surface area contributed by atoms with Gasteiger partial charge in [-0.2, -0.15) is 13.2 Å². The van der Waals surface area contributed by atoms with Gasteiger partial charge in [-0.05, 0) is 80.7 Å². The minimum atomic E-state index is -4.88. The van der Waals surface area contributed by atoms with Crippen molar-refractivity contribution in [1.82, 2.24) is 19.4 Å². The molecule has 0 fully saturated rings. The molecular weight excluding hydrogens is 634 g/mol. The summed E-state index contributed by atoms with van der Waals surface area (Å²) in [6, 6.07) is 17.2. The highest BCUT2D eigenvalue weighted by molar-refractivity contribution is 7.84. The van der Waals surface area contributed by atoms with Crippen LogP contribution in [0.15, 0.2) is 82.2 Å². The Bertz CT molecular complexity index is 1880. The van der Waals surface area contributed by atoms with Crippen molar-refractivity contribution >= 4 is 10.8 Å². The van der Waals surface area contributed by atoms with Gasteiger partial charge in [-0.3, -0.25) is 4.21 Å². The molecule has 0 spiro atoms. The van der Waals surface area contributed by atoms with Crippen molar-refractivity contribution in [1.29, 1.82) is 0 Å². The number of nitrogens with zero attached hydrogens (tertiary/aromatic N) is 4. The maximum absolute atomic E-state index is 13.7. The van der Waals surface area contributed by atoms with Gasteiger partial charge in [0.25, 0.3) is 0 Å². The third kappa shape index (κ3) is 7.50. The monoisotopic (exact) mass is 662 g/mol. The molecule has 7 nitrogen and oxygen atoms in total. The molecule has 242 valence electrons. The van der Waals surface area contributed by atoms with Gasteiger partial charge in [0.1, 0.15) is 17.3 Å². The fourth-order valence-electron chi connectivity index (χ4n) is 4.80. The number of rotatable bonds is 9. The van der Waals surface area contributed by atoms with Crippen molar-refractivity contribution < 1.29 is 39.7 Å². The van der Waals surface area contributed by atoms with E-state index in [9.17, 15) is 30.6 Å². The van der Waals surface area contributed by atoms with Crippen LogP contribution in [0.25, 0.3) is 39.4 Å². The molecule has 2 aromatic heterocycles. The van der Waals surface area contributed by atoms with Crippen LogP contribution in [-0.4, -0.2) is 56.9 Å². The predicted octanol–water partition coefficient (Wildman–Crippen LogP) is 7.93. The maximum atomic E-state index is 13.7. The lowest BCUT2D eigenvalue weighted by Crippen LogP contribution is -2.16. The minimum Gasteiger partial charge on any atom is -0.440 e. The molecule has 14 heteroatoms. The topological polar surface area (TPSA) is 73.4 Å². The Kier molecular flexibility index (Phi) is 9.14. The highest BCUT2D eigenvalue weighted by atomic mass is 32.2. The third-order valence-corrected chi connectivity index (χ3v) is 7.90. The van der Waals surface area contributed by atoms with E-state index in [1.54, 1.807) is 42.7 Å². The SMILES string of the molecule is Cc1nc(C(F)(F)F)cn1-c1ccc(-c2cccc(S(C)=O)c2)cc1-c1oc(CCN(C)C)nc1-c1ccc(OC(F)(F)F)cc1. The van der Waals surface area contributed by atoms with Crippen molar-refractivity contribution in [2.45, 2.75) is 30.8 Å². The largest absolute Gasteiger partial charge is 0.573 e. The molecule has 0 radical (unpaired) electrons. The number of halogens is 6. The minimum absolute atomic E-state index is 0.0623. The number of benzene rings is 3. The van der Waals surface area contributed by atoms with E-state index in [0.717, 1.165) is 18.3 Å². The van der Waals surface area contributed by atoms with Crippen LogP contribution in [0.3, 0.4) is 0 Å². The van der Waals surface area contributed by atoms with Crippen LogP contribution in [0.2, 0.25) is 0 Å². The summed E-state index contributed by atoms with van der Waals surface area (Å²) in [6.45, 7) is 2.00. The van der Waals surface area contributed by atoms with Gasteiger partial charge in [0, 0.05) is 52.2 Å². The summed E-state index contributed by atoms with van der Waals surface area (Å²) in [5, 5.41) is 0. The van der Waals surface area contributed by atoms with E-state index in [1.807, 2.05) is 25.1 Å². The van der Waals surface area contributed by atoms with Crippen LogP contribution >= 0.6 is 0 Å². The van der Waals surface area contributed by atoms with Gasteiger partial charge in [0.15, 0.2) is 17.3 Å². The van der Waals surface area contributed by atoms with E-state index in [0.29, 0.717) is 51.7 Å². The Hall–Kier alpha value is -4.43. The smallest absolute Gasteiger partial charge is 0.440 e. The summed E-state index contributed by atoms with van der Waals surface area (Å²) in [4.78, 5) is 10.9. The number of hydrogen-bond acceptors (Lipinski definition) is 6. The summed E-state index contributed by atoms with van der Waals surface area (Å²) in [5.41, 5.74) is 1.57. The molecule has 0 aliphatic carbocycles. The Morgan fingerprint density at radius 1 is 0.913 bits per heavy atom. The standard InChI is InChI=1S/C32H28F6N4O3S/c1-19-39-27(31(33,34)35)18-42(19)26-13-10-22(21-6-5-7-24(16-21)46(4)43)17-25(26)30-29(40-28(44-30)14-15-41(2)3)20-8-11-23(12-9-20)45-32(36,37)38/h5-13,16-18H,14-15H2,1-4H3. The zero-order valence-electron chi connectivity index (χ0n) is 25.0. The Balaban J connectivity index is 1.74. The predicted molar refractivity (Wildman–Crippen MR) is 161 cm³/mol. The molecule has 0 amide bonds. The van der Waals surface area contributed by atoms with Crippen molar-refractivity contribution in [3.05, 3.63) is 90.3 Å². The van der Waals surface area contributed by atoms with E-state index in [4.69, 9.17) is 4.42 Å². The normalized spacial score (nSPS) is 12.9. The number of hydrogen-bond donors (Lipinski definition) is 0. The first-order valence-electron chi connectivity index (χ1n) is 13.8.